The van der Waals surface area contributed by atoms with Crippen LogP contribution in [-0.4, -0.2) is 23.9 Å². The highest BCUT2D eigenvalue weighted by molar-refractivity contribution is 5.80. The van der Waals surface area contributed by atoms with Crippen molar-refractivity contribution in [1.29, 1.82) is 0 Å². The van der Waals surface area contributed by atoms with E-state index in [4.69, 9.17) is 0 Å². The number of hydrogen-bond donors (Lipinski definition) is 1. The van der Waals surface area contributed by atoms with Crippen molar-refractivity contribution in [1.82, 2.24) is 10.2 Å². The van der Waals surface area contributed by atoms with E-state index in [1.54, 1.807) is 4.90 Å². The molecule has 1 aliphatic heterocycles. The van der Waals surface area contributed by atoms with Gasteiger partial charge in [0.1, 0.15) is 17.8 Å². The van der Waals surface area contributed by atoms with E-state index in [0.29, 0.717) is 18.0 Å². The topological polar surface area (TPSA) is 32.3 Å². The van der Waals surface area contributed by atoms with Crippen LogP contribution < -0.4 is 5.32 Å². The van der Waals surface area contributed by atoms with E-state index in [1.165, 1.54) is 37.8 Å². The van der Waals surface area contributed by atoms with Gasteiger partial charge in [0.25, 0.3) is 0 Å². The van der Waals surface area contributed by atoms with Gasteiger partial charge in [-0.05, 0) is 24.5 Å². The molecule has 1 atom stereocenters. The summed E-state index contributed by atoms with van der Waals surface area (Å²) in [5.41, 5.74) is 0.341. The molecule has 1 N–H and O–H groups in total. The predicted molar refractivity (Wildman–Crippen MR) is 75.4 cm³/mol. The first-order valence-electron chi connectivity index (χ1n) is 7.63. The molecule has 114 valence electrons. The Balaban J connectivity index is 1.72. The lowest BCUT2D eigenvalue weighted by molar-refractivity contribution is -0.128. The number of hydrogen-bond acceptors (Lipinski definition) is 2. The van der Waals surface area contributed by atoms with Crippen LogP contribution in [0, 0.1) is 17.6 Å². The van der Waals surface area contributed by atoms with Crippen LogP contribution in [0.3, 0.4) is 0 Å². The predicted octanol–water partition coefficient (Wildman–Crippen LogP) is 2.98. The molecule has 1 saturated heterocycles. The lowest BCUT2D eigenvalue weighted by Gasteiger charge is -2.26. The van der Waals surface area contributed by atoms with Gasteiger partial charge in [-0.3, -0.25) is 10.1 Å². The normalized spacial score (nSPS) is 23.2. The molecule has 0 spiro atoms. The summed E-state index contributed by atoms with van der Waals surface area (Å²) in [6, 6.07) is 3.52. The number of halogens is 2. The highest BCUT2D eigenvalue weighted by Gasteiger charge is 2.33. The fourth-order valence-electron chi connectivity index (χ4n) is 3.42. The molecule has 1 unspecified atom stereocenters. The van der Waals surface area contributed by atoms with E-state index < -0.39 is 17.8 Å². The van der Waals surface area contributed by atoms with Crippen molar-refractivity contribution in [2.75, 3.05) is 13.1 Å². The van der Waals surface area contributed by atoms with Crippen molar-refractivity contribution in [2.24, 2.45) is 5.92 Å². The van der Waals surface area contributed by atoms with Crippen molar-refractivity contribution in [2.45, 2.75) is 38.3 Å². The Morgan fingerprint density at radius 3 is 2.71 bits per heavy atom. The Hall–Kier alpha value is -1.49. The summed E-state index contributed by atoms with van der Waals surface area (Å²) >= 11 is 0. The number of rotatable bonds is 4. The molecule has 1 aromatic carbocycles. The summed E-state index contributed by atoms with van der Waals surface area (Å²) in [7, 11) is 0. The second-order valence-corrected chi connectivity index (χ2v) is 5.98. The fourth-order valence-corrected chi connectivity index (χ4v) is 3.42. The zero-order chi connectivity index (χ0) is 14.8. The Morgan fingerprint density at radius 1 is 1.24 bits per heavy atom. The third kappa shape index (κ3) is 3.07. The lowest BCUT2D eigenvalue weighted by atomic mass is 10.0. The monoisotopic (exact) mass is 294 g/mol. The molecule has 1 heterocycles. The maximum absolute atomic E-state index is 13.9. The first-order valence-corrected chi connectivity index (χ1v) is 7.63. The first-order chi connectivity index (χ1) is 10.1. The quantitative estimate of drug-likeness (QED) is 0.926. The van der Waals surface area contributed by atoms with Gasteiger partial charge in [-0.2, -0.15) is 0 Å². The Kier molecular flexibility index (Phi) is 4.19. The number of nitrogens with zero attached hydrogens (tertiary/aromatic N) is 1. The SMILES string of the molecule is O=C1CNC(c2ccc(F)cc2F)N1CCC1CCCC1. The van der Waals surface area contributed by atoms with Gasteiger partial charge in [0.15, 0.2) is 0 Å². The van der Waals surface area contributed by atoms with E-state index in [1.807, 2.05) is 0 Å². The number of amides is 1. The minimum Gasteiger partial charge on any atom is -0.322 e. The molecule has 1 aromatic rings. The average molecular weight is 294 g/mol. The van der Waals surface area contributed by atoms with Gasteiger partial charge >= 0.3 is 0 Å². The van der Waals surface area contributed by atoms with Crippen LogP contribution in [0.2, 0.25) is 0 Å². The number of carbonyl (C=O) groups is 1. The van der Waals surface area contributed by atoms with Crippen molar-refractivity contribution in [3.8, 4) is 0 Å². The zero-order valence-electron chi connectivity index (χ0n) is 11.9. The highest BCUT2D eigenvalue weighted by atomic mass is 19.1. The van der Waals surface area contributed by atoms with Gasteiger partial charge in [-0.1, -0.05) is 25.7 Å². The molecular formula is C16H20F2N2O. The van der Waals surface area contributed by atoms with Gasteiger partial charge in [0, 0.05) is 18.2 Å². The van der Waals surface area contributed by atoms with Gasteiger partial charge < -0.3 is 4.90 Å². The summed E-state index contributed by atoms with van der Waals surface area (Å²) in [5, 5.41) is 3.02. The number of carbonyl (C=O) groups excluding carboxylic acids is 1. The van der Waals surface area contributed by atoms with Gasteiger partial charge in [-0.25, -0.2) is 8.78 Å². The van der Waals surface area contributed by atoms with Gasteiger partial charge in [0.2, 0.25) is 5.91 Å². The molecule has 3 rings (SSSR count). The average Bonchev–Trinajstić information content (AvgIpc) is 3.07. The smallest absolute Gasteiger partial charge is 0.238 e. The van der Waals surface area contributed by atoms with Crippen molar-refractivity contribution >= 4 is 5.91 Å². The van der Waals surface area contributed by atoms with Crippen LogP contribution in [0.1, 0.15) is 43.8 Å². The molecule has 0 radical (unpaired) electrons. The summed E-state index contributed by atoms with van der Waals surface area (Å²) in [4.78, 5) is 13.7. The third-order valence-corrected chi connectivity index (χ3v) is 4.59. The Bertz CT molecular complexity index is 529. The van der Waals surface area contributed by atoms with Gasteiger partial charge in [-0.15, -0.1) is 0 Å². The summed E-state index contributed by atoms with van der Waals surface area (Å²) < 4.78 is 26.9. The number of nitrogens with one attached hydrogen (secondary N) is 1. The largest absolute Gasteiger partial charge is 0.322 e. The van der Waals surface area contributed by atoms with Crippen LogP contribution in [0.5, 0.6) is 0 Å². The summed E-state index contributed by atoms with van der Waals surface area (Å²) in [6.45, 7) is 0.851. The van der Waals surface area contributed by atoms with Gasteiger partial charge in [0.05, 0.1) is 6.54 Å². The van der Waals surface area contributed by atoms with E-state index in [-0.39, 0.29) is 12.5 Å². The van der Waals surface area contributed by atoms with Crippen LogP contribution >= 0.6 is 0 Å². The zero-order valence-corrected chi connectivity index (χ0v) is 11.9. The van der Waals surface area contributed by atoms with Crippen molar-refractivity contribution in [3.63, 3.8) is 0 Å². The molecule has 1 aliphatic carbocycles. The van der Waals surface area contributed by atoms with E-state index >= 15 is 0 Å². The highest BCUT2D eigenvalue weighted by Crippen LogP contribution is 2.30. The first kappa shape index (κ1) is 14.4. The van der Waals surface area contributed by atoms with E-state index in [0.717, 1.165) is 12.5 Å². The molecule has 2 fully saturated rings. The third-order valence-electron chi connectivity index (χ3n) is 4.59. The van der Waals surface area contributed by atoms with Crippen LogP contribution in [0.15, 0.2) is 18.2 Å². The second-order valence-electron chi connectivity index (χ2n) is 5.98. The fraction of sp³-hybridized carbons (Fsp3) is 0.562. The second kappa shape index (κ2) is 6.10. The summed E-state index contributed by atoms with van der Waals surface area (Å²) in [6.07, 6.45) is 5.49. The van der Waals surface area contributed by atoms with E-state index in [9.17, 15) is 13.6 Å². The standard InChI is InChI=1S/C16H20F2N2O/c17-12-5-6-13(14(18)9-12)16-19-10-15(21)20(16)8-7-11-3-1-2-4-11/h5-6,9,11,16,19H,1-4,7-8,10H2. The van der Waals surface area contributed by atoms with Crippen LogP contribution in [-0.2, 0) is 4.79 Å². The van der Waals surface area contributed by atoms with Crippen molar-refractivity contribution in [3.05, 3.63) is 35.4 Å². The van der Waals surface area contributed by atoms with Crippen molar-refractivity contribution < 1.29 is 13.6 Å². The molecule has 3 nitrogen and oxygen atoms in total. The Labute approximate surface area is 123 Å². The molecule has 1 saturated carbocycles. The summed E-state index contributed by atoms with van der Waals surface area (Å²) in [5.74, 6) is -0.537. The molecule has 21 heavy (non-hydrogen) atoms. The minimum atomic E-state index is -0.604. The van der Waals surface area contributed by atoms with Crippen LogP contribution in [0.25, 0.3) is 0 Å². The Morgan fingerprint density at radius 2 is 2.00 bits per heavy atom. The molecule has 0 aromatic heterocycles. The number of benzene rings is 1. The minimum absolute atomic E-state index is 0.0123. The molecule has 5 heteroatoms. The molecule has 0 bridgehead atoms. The molecule has 2 aliphatic rings. The maximum atomic E-state index is 13.9. The van der Waals surface area contributed by atoms with Crippen LogP contribution in [0.4, 0.5) is 8.78 Å². The molecule has 1 amide bonds. The maximum Gasteiger partial charge on any atom is 0.238 e. The lowest BCUT2D eigenvalue weighted by Crippen LogP contribution is -2.32. The van der Waals surface area contributed by atoms with E-state index in [2.05, 4.69) is 5.32 Å². The molecular weight excluding hydrogens is 274 g/mol.